The zero-order valence-electron chi connectivity index (χ0n) is 12.3. The van der Waals surface area contributed by atoms with Gasteiger partial charge in [-0.05, 0) is 26.2 Å². The summed E-state index contributed by atoms with van der Waals surface area (Å²) >= 11 is 5.76. The second-order valence-electron chi connectivity index (χ2n) is 5.16. The van der Waals surface area contributed by atoms with Gasteiger partial charge < -0.3 is 9.47 Å². The van der Waals surface area contributed by atoms with Gasteiger partial charge in [0.15, 0.2) is 0 Å². The third-order valence-corrected chi connectivity index (χ3v) is 5.24. The van der Waals surface area contributed by atoms with Crippen LogP contribution in [0.2, 0.25) is 5.15 Å². The van der Waals surface area contributed by atoms with Gasteiger partial charge in [-0.25, -0.2) is 13.4 Å². The van der Waals surface area contributed by atoms with E-state index in [1.807, 2.05) is 0 Å². The number of hydrogen-bond acceptors (Lipinski definition) is 5. The summed E-state index contributed by atoms with van der Waals surface area (Å²) in [7, 11) is -4.11. The molecule has 22 heavy (non-hydrogen) atoms. The third kappa shape index (κ3) is 3.67. The number of rotatable bonds is 4. The second kappa shape index (κ2) is 6.78. The van der Waals surface area contributed by atoms with Crippen LogP contribution in [-0.2, 0) is 21.2 Å². The van der Waals surface area contributed by atoms with Crippen molar-refractivity contribution in [3.8, 4) is 0 Å². The van der Waals surface area contributed by atoms with Crippen LogP contribution in [0.4, 0.5) is 0 Å². The number of likely N-dealkylation sites (tertiary alicyclic amines) is 1. The summed E-state index contributed by atoms with van der Waals surface area (Å²) in [6.45, 7) is 3.06. The van der Waals surface area contributed by atoms with Crippen LogP contribution in [-0.4, -0.2) is 47.6 Å². The predicted octanol–water partition coefficient (Wildman–Crippen LogP) is 0.703. The molecular formula is C13H18ClN3O4S. The Balaban J connectivity index is 2.29. The van der Waals surface area contributed by atoms with Gasteiger partial charge in [-0.2, -0.15) is 0 Å². The minimum Gasteiger partial charge on any atom is -0.342 e. The van der Waals surface area contributed by atoms with Gasteiger partial charge in [-0.1, -0.05) is 11.6 Å². The number of aryl methyl sites for hydroxylation is 1. The summed E-state index contributed by atoms with van der Waals surface area (Å²) in [5.41, 5.74) is -0.752. The van der Waals surface area contributed by atoms with Crippen molar-refractivity contribution >= 4 is 27.3 Å². The molecule has 0 aromatic carbocycles. The van der Waals surface area contributed by atoms with Crippen LogP contribution in [0.5, 0.6) is 0 Å². The highest BCUT2D eigenvalue weighted by Gasteiger charge is 2.28. The maximum Gasteiger partial charge on any atom is 0.288 e. The van der Waals surface area contributed by atoms with Crippen LogP contribution in [0.25, 0.3) is 0 Å². The van der Waals surface area contributed by atoms with E-state index in [0.717, 1.165) is 23.8 Å². The first-order valence-electron chi connectivity index (χ1n) is 7.12. The number of hydrogen-bond donors (Lipinski definition) is 0. The SMILES string of the molecule is CCn1cc(Cl)nc(S(=O)(=O)CC(=O)N2CCCCC2)c1=O. The molecule has 1 amide bonds. The minimum atomic E-state index is -4.11. The first-order valence-corrected chi connectivity index (χ1v) is 9.15. The molecule has 1 aliphatic rings. The molecule has 1 aliphatic heterocycles. The summed E-state index contributed by atoms with van der Waals surface area (Å²) in [6, 6.07) is 0. The molecule has 1 saturated heterocycles. The van der Waals surface area contributed by atoms with E-state index in [9.17, 15) is 18.0 Å². The topological polar surface area (TPSA) is 89.3 Å². The van der Waals surface area contributed by atoms with Gasteiger partial charge in [0.05, 0.1) is 0 Å². The van der Waals surface area contributed by atoms with Gasteiger partial charge in [-0.15, -0.1) is 0 Å². The van der Waals surface area contributed by atoms with Crippen LogP contribution in [0.1, 0.15) is 26.2 Å². The average Bonchev–Trinajstić information content (AvgIpc) is 2.49. The maximum absolute atomic E-state index is 12.3. The summed E-state index contributed by atoms with van der Waals surface area (Å²) in [6.07, 6.45) is 4.04. The largest absolute Gasteiger partial charge is 0.342 e. The van der Waals surface area contributed by atoms with Crippen LogP contribution in [0, 0.1) is 0 Å². The maximum atomic E-state index is 12.3. The normalized spacial score (nSPS) is 15.8. The fourth-order valence-electron chi connectivity index (χ4n) is 2.39. The highest BCUT2D eigenvalue weighted by molar-refractivity contribution is 7.92. The summed E-state index contributed by atoms with van der Waals surface area (Å²) in [5, 5.41) is -0.752. The van der Waals surface area contributed by atoms with Crippen molar-refractivity contribution in [2.75, 3.05) is 18.8 Å². The number of sulfone groups is 1. The molecule has 0 N–H and O–H groups in total. The first kappa shape index (κ1) is 17.0. The summed E-state index contributed by atoms with van der Waals surface area (Å²) in [4.78, 5) is 29.4. The Kier molecular flexibility index (Phi) is 5.23. The number of carbonyl (C=O) groups excluding carboxylic acids is 1. The van der Waals surface area contributed by atoms with E-state index in [4.69, 9.17) is 11.6 Å². The van der Waals surface area contributed by atoms with E-state index in [-0.39, 0.29) is 11.7 Å². The second-order valence-corrected chi connectivity index (χ2v) is 7.45. The van der Waals surface area contributed by atoms with Gasteiger partial charge in [0.1, 0.15) is 10.9 Å². The highest BCUT2D eigenvalue weighted by Crippen LogP contribution is 2.12. The quantitative estimate of drug-likeness (QED) is 0.800. The first-order chi connectivity index (χ1) is 10.3. The van der Waals surface area contributed by atoms with Crippen molar-refractivity contribution in [2.45, 2.75) is 37.8 Å². The third-order valence-electron chi connectivity index (χ3n) is 3.57. The number of carbonyl (C=O) groups is 1. The van der Waals surface area contributed by atoms with E-state index >= 15 is 0 Å². The summed E-state index contributed by atoms with van der Waals surface area (Å²) in [5.74, 6) is -1.25. The van der Waals surface area contributed by atoms with Gasteiger partial charge in [-0.3, -0.25) is 9.59 Å². The number of aromatic nitrogens is 2. The van der Waals surface area contributed by atoms with Gasteiger partial charge in [0, 0.05) is 25.8 Å². The Labute approximate surface area is 133 Å². The standard InChI is InChI=1S/C13H18ClN3O4S/c1-2-16-8-10(14)15-12(13(16)19)22(20,21)9-11(18)17-6-4-3-5-7-17/h8H,2-7,9H2,1H3. The number of nitrogens with zero attached hydrogens (tertiary/aromatic N) is 3. The molecule has 0 spiro atoms. The molecule has 1 aromatic heterocycles. The van der Waals surface area contributed by atoms with Crippen molar-refractivity contribution < 1.29 is 13.2 Å². The molecule has 0 saturated carbocycles. The molecule has 9 heteroatoms. The lowest BCUT2D eigenvalue weighted by atomic mass is 10.1. The van der Waals surface area contributed by atoms with Crippen molar-refractivity contribution in [3.05, 3.63) is 21.7 Å². The summed E-state index contributed by atoms with van der Waals surface area (Å²) < 4.78 is 25.8. The van der Waals surface area contributed by atoms with Crippen LogP contribution in [0.3, 0.4) is 0 Å². The molecule has 2 rings (SSSR count). The molecule has 0 radical (unpaired) electrons. The lowest BCUT2D eigenvalue weighted by molar-refractivity contribution is -0.129. The number of amides is 1. The average molecular weight is 348 g/mol. The molecule has 0 bridgehead atoms. The molecule has 2 heterocycles. The molecule has 122 valence electrons. The lowest BCUT2D eigenvalue weighted by Gasteiger charge is -2.26. The fourth-order valence-corrected chi connectivity index (χ4v) is 3.90. The zero-order valence-corrected chi connectivity index (χ0v) is 13.9. The van der Waals surface area contributed by atoms with Gasteiger partial charge >= 0.3 is 0 Å². The van der Waals surface area contributed by atoms with E-state index < -0.39 is 32.1 Å². The zero-order chi connectivity index (χ0) is 16.3. The Bertz CT molecular complexity index is 723. The smallest absolute Gasteiger partial charge is 0.288 e. The van der Waals surface area contributed by atoms with Crippen LogP contribution >= 0.6 is 11.6 Å². The fraction of sp³-hybridized carbons (Fsp3) is 0.615. The lowest BCUT2D eigenvalue weighted by Crippen LogP contribution is -2.40. The number of piperidine rings is 1. The molecule has 1 aromatic rings. The van der Waals surface area contributed by atoms with E-state index in [2.05, 4.69) is 4.98 Å². The Morgan fingerprint density at radius 1 is 1.32 bits per heavy atom. The van der Waals surface area contributed by atoms with Crippen molar-refractivity contribution in [2.24, 2.45) is 0 Å². The van der Waals surface area contributed by atoms with E-state index in [1.165, 1.54) is 11.1 Å². The Hall–Kier alpha value is -1.41. The van der Waals surface area contributed by atoms with E-state index in [0.29, 0.717) is 13.1 Å². The molecule has 0 unspecified atom stereocenters. The van der Waals surface area contributed by atoms with Crippen molar-refractivity contribution in [3.63, 3.8) is 0 Å². The Morgan fingerprint density at radius 3 is 2.55 bits per heavy atom. The van der Waals surface area contributed by atoms with Crippen LogP contribution in [0.15, 0.2) is 16.0 Å². The monoisotopic (exact) mass is 347 g/mol. The molecule has 1 fully saturated rings. The molecule has 0 aliphatic carbocycles. The Morgan fingerprint density at radius 2 is 1.95 bits per heavy atom. The molecular weight excluding hydrogens is 330 g/mol. The highest BCUT2D eigenvalue weighted by atomic mass is 35.5. The minimum absolute atomic E-state index is 0.0922. The van der Waals surface area contributed by atoms with E-state index in [1.54, 1.807) is 6.92 Å². The van der Waals surface area contributed by atoms with Gasteiger partial charge in [0.25, 0.3) is 5.56 Å². The van der Waals surface area contributed by atoms with Gasteiger partial charge in [0.2, 0.25) is 20.8 Å². The molecule has 0 atom stereocenters. The van der Waals surface area contributed by atoms with Crippen LogP contribution < -0.4 is 5.56 Å². The van der Waals surface area contributed by atoms with Crippen molar-refractivity contribution in [1.82, 2.24) is 14.5 Å². The predicted molar refractivity (Wildman–Crippen MR) is 81.7 cm³/mol. The number of halogens is 1. The van der Waals surface area contributed by atoms with Crippen molar-refractivity contribution in [1.29, 1.82) is 0 Å². The molecule has 7 nitrogen and oxygen atoms in total.